The zero-order chi connectivity index (χ0) is 15.6. The molecule has 0 spiro atoms. The van der Waals surface area contributed by atoms with Crippen LogP contribution in [0.5, 0.6) is 0 Å². The molecule has 0 aliphatic carbocycles. The topological polar surface area (TPSA) is 114 Å². The molecule has 22 heavy (non-hydrogen) atoms. The molecular weight excluding hydrogens is 314 g/mol. The third-order valence-corrected chi connectivity index (χ3v) is 3.41. The SMILES string of the molecule is Cl.Cn1cnc2c1c(=O)n(CCNC(CO)CO)c(=O)n2C. The summed E-state index contributed by atoms with van der Waals surface area (Å²) >= 11 is 0. The average Bonchev–Trinajstić information content (AvgIpc) is 2.86. The fourth-order valence-corrected chi connectivity index (χ4v) is 2.16. The number of imidazole rings is 1. The Morgan fingerprint density at radius 3 is 2.50 bits per heavy atom. The van der Waals surface area contributed by atoms with Gasteiger partial charge in [0.05, 0.1) is 25.6 Å². The molecule has 0 saturated heterocycles. The number of fused-ring (bicyclic) bond motifs is 1. The Labute approximate surface area is 132 Å². The van der Waals surface area contributed by atoms with E-state index >= 15 is 0 Å². The van der Waals surface area contributed by atoms with Crippen molar-refractivity contribution in [2.24, 2.45) is 14.1 Å². The Kier molecular flexibility index (Phi) is 6.30. The van der Waals surface area contributed by atoms with E-state index in [4.69, 9.17) is 10.2 Å². The number of rotatable bonds is 6. The average molecular weight is 334 g/mol. The summed E-state index contributed by atoms with van der Waals surface area (Å²) in [5, 5.41) is 20.8. The molecule has 2 aromatic rings. The highest BCUT2D eigenvalue weighted by Gasteiger charge is 2.14. The Morgan fingerprint density at radius 2 is 1.91 bits per heavy atom. The Balaban J connectivity index is 0.00000242. The van der Waals surface area contributed by atoms with Crippen LogP contribution in [0.4, 0.5) is 0 Å². The maximum Gasteiger partial charge on any atom is 0.332 e. The van der Waals surface area contributed by atoms with Crippen molar-refractivity contribution in [2.75, 3.05) is 19.8 Å². The van der Waals surface area contributed by atoms with Crippen molar-refractivity contribution in [2.45, 2.75) is 12.6 Å². The molecule has 0 radical (unpaired) electrons. The van der Waals surface area contributed by atoms with Crippen LogP contribution in [-0.2, 0) is 20.6 Å². The van der Waals surface area contributed by atoms with Gasteiger partial charge in [-0.1, -0.05) is 0 Å². The van der Waals surface area contributed by atoms with Gasteiger partial charge in [0.15, 0.2) is 11.2 Å². The molecule has 0 bridgehead atoms. The summed E-state index contributed by atoms with van der Waals surface area (Å²) < 4.78 is 4.01. The fraction of sp³-hybridized carbons (Fsp3) is 0.583. The van der Waals surface area contributed by atoms with Crippen LogP contribution in [0.25, 0.3) is 11.2 Å². The number of hydrogen-bond donors (Lipinski definition) is 3. The molecule has 0 saturated carbocycles. The molecule has 0 atom stereocenters. The maximum absolute atomic E-state index is 12.4. The molecule has 10 heteroatoms. The molecule has 0 fully saturated rings. The summed E-state index contributed by atoms with van der Waals surface area (Å²) in [5.74, 6) is 0. The van der Waals surface area contributed by atoms with E-state index in [1.807, 2.05) is 0 Å². The standard InChI is InChI=1S/C12H19N5O4.ClH/c1-15-7-14-10-9(15)11(20)17(12(21)16(10)2)4-3-13-8(5-18)6-19;/h7-8,13,18-19H,3-6H2,1-2H3;1H. The summed E-state index contributed by atoms with van der Waals surface area (Å²) in [6.45, 7) is -0.0121. The van der Waals surface area contributed by atoms with Crippen LogP contribution in [0.15, 0.2) is 15.9 Å². The number of nitrogens with zero attached hydrogens (tertiary/aromatic N) is 4. The maximum atomic E-state index is 12.4. The van der Waals surface area contributed by atoms with E-state index in [1.165, 1.54) is 10.9 Å². The lowest BCUT2D eigenvalue weighted by Crippen LogP contribution is -2.44. The summed E-state index contributed by atoms with van der Waals surface area (Å²) in [5.41, 5.74) is -0.143. The Bertz CT molecular complexity index is 746. The van der Waals surface area contributed by atoms with Crippen LogP contribution in [0.1, 0.15) is 0 Å². The van der Waals surface area contributed by atoms with Gasteiger partial charge in [-0.25, -0.2) is 9.78 Å². The summed E-state index contributed by atoms with van der Waals surface area (Å²) in [7, 11) is 3.25. The first-order chi connectivity index (χ1) is 10.0. The molecule has 9 nitrogen and oxygen atoms in total. The van der Waals surface area contributed by atoms with Gasteiger partial charge in [-0.05, 0) is 0 Å². The minimum absolute atomic E-state index is 0. The Hall–Kier alpha value is -1.68. The summed E-state index contributed by atoms with van der Waals surface area (Å²) in [6.07, 6.45) is 1.49. The lowest BCUT2D eigenvalue weighted by atomic mass is 10.3. The fourth-order valence-electron chi connectivity index (χ4n) is 2.16. The van der Waals surface area contributed by atoms with Gasteiger partial charge in [-0.3, -0.25) is 13.9 Å². The number of halogens is 1. The third kappa shape index (κ3) is 3.22. The number of aliphatic hydroxyl groups is 2. The van der Waals surface area contributed by atoms with E-state index in [0.717, 1.165) is 4.57 Å². The van der Waals surface area contributed by atoms with Gasteiger partial charge in [0.25, 0.3) is 5.56 Å². The highest BCUT2D eigenvalue weighted by Crippen LogP contribution is 2.02. The van der Waals surface area contributed by atoms with Crippen molar-refractivity contribution in [1.29, 1.82) is 0 Å². The van der Waals surface area contributed by atoms with Crippen molar-refractivity contribution in [3.63, 3.8) is 0 Å². The summed E-state index contributed by atoms with van der Waals surface area (Å²) in [6, 6.07) is -0.468. The number of aryl methyl sites for hydroxylation is 2. The van der Waals surface area contributed by atoms with Crippen LogP contribution < -0.4 is 16.6 Å². The number of hydrogen-bond acceptors (Lipinski definition) is 6. The number of aromatic nitrogens is 4. The van der Waals surface area contributed by atoms with Crippen molar-refractivity contribution in [1.82, 2.24) is 24.0 Å². The van der Waals surface area contributed by atoms with Gasteiger partial charge in [-0.2, -0.15) is 0 Å². The minimum atomic E-state index is -0.468. The smallest absolute Gasteiger partial charge is 0.332 e. The minimum Gasteiger partial charge on any atom is -0.395 e. The molecule has 3 N–H and O–H groups in total. The predicted molar refractivity (Wildman–Crippen MR) is 83.4 cm³/mol. The molecule has 2 aromatic heterocycles. The lowest BCUT2D eigenvalue weighted by Gasteiger charge is -2.14. The lowest BCUT2D eigenvalue weighted by molar-refractivity contribution is 0.170. The van der Waals surface area contributed by atoms with E-state index in [2.05, 4.69) is 10.3 Å². The van der Waals surface area contributed by atoms with Crippen LogP contribution in [0, 0.1) is 0 Å². The van der Waals surface area contributed by atoms with Gasteiger partial charge in [0.2, 0.25) is 0 Å². The zero-order valence-corrected chi connectivity index (χ0v) is 13.2. The molecule has 0 amide bonds. The van der Waals surface area contributed by atoms with Crippen LogP contribution >= 0.6 is 12.4 Å². The normalized spacial score (nSPS) is 11.1. The highest BCUT2D eigenvalue weighted by atomic mass is 35.5. The molecule has 0 aliphatic rings. The van der Waals surface area contributed by atoms with Crippen molar-refractivity contribution in [3.05, 3.63) is 27.2 Å². The van der Waals surface area contributed by atoms with Crippen LogP contribution in [0.2, 0.25) is 0 Å². The molecular formula is C12H20ClN5O4. The van der Waals surface area contributed by atoms with E-state index in [9.17, 15) is 9.59 Å². The summed E-state index contributed by atoms with van der Waals surface area (Å²) in [4.78, 5) is 28.6. The largest absolute Gasteiger partial charge is 0.395 e. The second kappa shape index (κ2) is 7.54. The Morgan fingerprint density at radius 1 is 1.27 bits per heavy atom. The first-order valence-corrected chi connectivity index (χ1v) is 6.57. The second-order valence-electron chi connectivity index (χ2n) is 4.84. The van der Waals surface area contributed by atoms with Gasteiger partial charge < -0.3 is 20.1 Å². The van der Waals surface area contributed by atoms with Crippen LogP contribution in [-0.4, -0.2) is 54.7 Å². The molecule has 0 aliphatic heterocycles. The predicted octanol–water partition coefficient (Wildman–Crippen LogP) is -2.20. The van der Waals surface area contributed by atoms with E-state index < -0.39 is 17.3 Å². The van der Waals surface area contributed by atoms with Crippen molar-refractivity contribution >= 4 is 23.6 Å². The van der Waals surface area contributed by atoms with Gasteiger partial charge >= 0.3 is 5.69 Å². The van der Waals surface area contributed by atoms with Crippen molar-refractivity contribution < 1.29 is 10.2 Å². The van der Waals surface area contributed by atoms with Crippen molar-refractivity contribution in [3.8, 4) is 0 Å². The van der Waals surface area contributed by atoms with E-state index in [1.54, 1.807) is 18.7 Å². The van der Waals surface area contributed by atoms with Gasteiger partial charge in [-0.15, -0.1) is 12.4 Å². The molecule has 2 heterocycles. The number of nitrogens with one attached hydrogen (secondary N) is 1. The highest BCUT2D eigenvalue weighted by molar-refractivity contribution is 5.85. The van der Waals surface area contributed by atoms with E-state index in [-0.39, 0.29) is 38.7 Å². The third-order valence-electron chi connectivity index (χ3n) is 3.41. The quantitative estimate of drug-likeness (QED) is 0.553. The zero-order valence-electron chi connectivity index (χ0n) is 12.4. The molecule has 0 unspecified atom stereocenters. The molecule has 0 aromatic carbocycles. The van der Waals surface area contributed by atoms with E-state index in [0.29, 0.717) is 11.2 Å². The molecule has 124 valence electrons. The van der Waals surface area contributed by atoms with Gasteiger partial charge in [0.1, 0.15) is 0 Å². The molecule has 2 rings (SSSR count). The first kappa shape index (κ1) is 18.4. The first-order valence-electron chi connectivity index (χ1n) is 6.57. The van der Waals surface area contributed by atoms with Gasteiger partial charge in [0, 0.05) is 27.2 Å². The number of aliphatic hydroxyl groups excluding tert-OH is 2. The monoisotopic (exact) mass is 333 g/mol. The second-order valence-corrected chi connectivity index (χ2v) is 4.84. The van der Waals surface area contributed by atoms with Crippen LogP contribution in [0.3, 0.4) is 0 Å².